The number of aliphatic hydroxyl groups excluding tert-OH is 1. The minimum atomic E-state index is -0.702. The minimum Gasteiger partial charge on any atom is -0.494 e. The molecule has 4 rings (SSSR count). The molecule has 2 aromatic heterocycles. The van der Waals surface area contributed by atoms with Crippen LogP contribution in [0.25, 0.3) is 22.2 Å². The van der Waals surface area contributed by atoms with Crippen LogP contribution in [0.4, 0.5) is 0 Å². The molecular weight excluding hydrogens is 324 g/mol. The van der Waals surface area contributed by atoms with Crippen molar-refractivity contribution in [3.8, 4) is 11.5 Å². The van der Waals surface area contributed by atoms with Gasteiger partial charge in [0.05, 0.1) is 14.2 Å². The monoisotopic (exact) mass is 342 g/mol. The van der Waals surface area contributed by atoms with E-state index in [1.807, 2.05) is 24.3 Å². The first-order chi connectivity index (χ1) is 12.1. The van der Waals surface area contributed by atoms with E-state index >= 15 is 0 Å². The number of aliphatic hydroxyl groups is 1. The summed E-state index contributed by atoms with van der Waals surface area (Å²) in [6.45, 7) is 1.61. The minimum absolute atomic E-state index is 0.310. The van der Waals surface area contributed by atoms with Crippen LogP contribution in [-0.2, 0) is 0 Å². The van der Waals surface area contributed by atoms with Crippen molar-refractivity contribution in [3.63, 3.8) is 0 Å². The number of oxazole rings is 2. The van der Waals surface area contributed by atoms with Crippen LogP contribution >= 0.6 is 0 Å². The van der Waals surface area contributed by atoms with Crippen molar-refractivity contribution in [2.45, 2.75) is 13.0 Å². The van der Waals surface area contributed by atoms with Gasteiger partial charge in [-0.05, 0) is 31.2 Å². The number of benzene rings is 2. The molecule has 25 heavy (non-hydrogen) atoms. The number of ether oxygens (including phenoxy) is 2. The molecule has 0 fully saturated rings. The predicted molar refractivity (Wildman–Crippen MR) is 91.8 cm³/mol. The number of para-hydroxylation sites is 2. The van der Waals surface area contributed by atoms with Crippen LogP contribution in [0.3, 0.4) is 0 Å². The summed E-state index contributed by atoms with van der Waals surface area (Å²) in [7, 11) is 3.19. The normalized spacial score (nSPS) is 11.8. The van der Waals surface area contributed by atoms with E-state index in [4.69, 9.17) is 18.3 Å². The van der Waals surface area contributed by atoms with Gasteiger partial charge in [-0.3, -0.25) is 0 Å². The zero-order valence-electron chi connectivity index (χ0n) is 14.1. The number of methoxy groups -OCH3 is 2. The summed E-state index contributed by atoms with van der Waals surface area (Å²) >= 11 is 0. The van der Waals surface area contributed by atoms with Crippen molar-refractivity contribution >= 4 is 22.2 Å². The Morgan fingerprint density at radius 1 is 0.960 bits per heavy atom. The van der Waals surface area contributed by atoms with Crippen molar-refractivity contribution in [2.24, 2.45) is 0 Å². The van der Waals surface area contributed by atoms with Crippen LogP contribution in [0.15, 0.2) is 51.6 Å². The number of aromatic nitrogens is 2. The number of hydrogen-bond donors (Lipinski definition) is 1. The molecule has 0 aliphatic heterocycles. The van der Waals surface area contributed by atoms with Crippen molar-refractivity contribution in [2.75, 3.05) is 14.2 Å². The Morgan fingerprint density at radius 3 is 2.24 bits per heavy atom. The van der Waals surface area contributed by atoms with Gasteiger partial charge < -0.3 is 23.4 Å². The second-order valence-electron chi connectivity index (χ2n) is 5.19. The Bertz CT molecular complexity index is 974. The zero-order valence-corrected chi connectivity index (χ0v) is 14.1. The van der Waals surface area contributed by atoms with E-state index in [2.05, 4.69) is 9.97 Å². The van der Waals surface area contributed by atoms with Gasteiger partial charge in [0.25, 0.3) is 0 Å². The first kappa shape index (κ1) is 16.8. The molecule has 4 aromatic rings. The third-order valence-corrected chi connectivity index (χ3v) is 3.52. The second-order valence-corrected chi connectivity index (χ2v) is 5.19. The van der Waals surface area contributed by atoms with Crippen molar-refractivity contribution in [1.82, 2.24) is 9.97 Å². The molecule has 0 amide bonds. The van der Waals surface area contributed by atoms with E-state index in [1.165, 1.54) is 6.39 Å². The number of nitrogens with zero attached hydrogens (tertiary/aromatic N) is 2. The fourth-order valence-electron chi connectivity index (χ4n) is 2.31. The maximum absolute atomic E-state index is 9.29. The fraction of sp³-hybridized carbons (Fsp3) is 0.222. The molecule has 0 radical (unpaired) electrons. The molecule has 0 aliphatic rings. The molecule has 0 saturated carbocycles. The lowest BCUT2D eigenvalue weighted by molar-refractivity contribution is 0.165. The van der Waals surface area contributed by atoms with Crippen molar-refractivity contribution in [3.05, 3.63) is 48.7 Å². The average molecular weight is 342 g/mol. The highest BCUT2D eigenvalue weighted by atomic mass is 16.5. The summed E-state index contributed by atoms with van der Waals surface area (Å²) in [5.41, 5.74) is 2.80. The average Bonchev–Trinajstić information content (AvgIpc) is 3.28. The molecule has 7 heteroatoms. The lowest BCUT2D eigenvalue weighted by atomic mass is 10.3. The highest BCUT2D eigenvalue weighted by molar-refractivity contribution is 5.80. The van der Waals surface area contributed by atoms with E-state index in [1.54, 1.807) is 33.3 Å². The third-order valence-electron chi connectivity index (χ3n) is 3.52. The Morgan fingerprint density at radius 2 is 1.60 bits per heavy atom. The third kappa shape index (κ3) is 3.41. The molecule has 0 spiro atoms. The number of fused-ring (bicyclic) bond motifs is 2. The first-order valence-corrected chi connectivity index (χ1v) is 7.61. The molecule has 7 nitrogen and oxygen atoms in total. The first-order valence-electron chi connectivity index (χ1n) is 7.61. The van der Waals surface area contributed by atoms with E-state index in [-0.39, 0.29) is 0 Å². The highest BCUT2D eigenvalue weighted by Gasteiger charge is 2.13. The van der Waals surface area contributed by atoms with Gasteiger partial charge in [0.1, 0.15) is 17.6 Å². The van der Waals surface area contributed by atoms with Gasteiger partial charge in [0, 0.05) is 0 Å². The zero-order chi connectivity index (χ0) is 17.8. The summed E-state index contributed by atoms with van der Waals surface area (Å²) in [5, 5.41) is 9.29. The van der Waals surface area contributed by atoms with Gasteiger partial charge in [-0.15, -0.1) is 0 Å². The second kappa shape index (κ2) is 7.23. The van der Waals surface area contributed by atoms with Crippen LogP contribution < -0.4 is 9.47 Å². The van der Waals surface area contributed by atoms with Crippen LogP contribution in [-0.4, -0.2) is 29.3 Å². The Balaban J connectivity index is 0.000000150. The number of hydrogen-bond acceptors (Lipinski definition) is 7. The van der Waals surface area contributed by atoms with Crippen LogP contribution in [0.2, 0.25) is 0 Å². The van der Waals surface area contributed by atoms with Gasteiger partial charge in [-0.25, -0.2) is 9.97 Å². The molecule has 2 heterocycles. The van der Waals surface area contributed by atoms with Gasteiger partial charge in [-0.2, -0.15) is 0 Å². The molecule has 130 valence electrons. The maximum Gasteiger partial charge on any atom is 0.224 e. The summed E-state index contributed by atoms with van der Waals surface area (Å²) in [4.78, 5) is 8.14. The highest BCUT2D eigenvalue weighted by Crippen LogP contribution is 2.27. The smallest absolute Gasteiger partial charge is 0.224 e. The van der Waals surface area contributed by atoms with E-state index in [0.717, 1.165) is 16.8 Å². The summed E-state index contributed by atoms with van der Waals surface area (Å²) in [6.07, 6.45) is 0.708. The molecule has 0 bridgehead atoms. The lowest BCUT2D eigenvalue weighted by Gasteiger charge is -1.96. The molecule has 0 saturated heterocycles. The Labute approximate surface area is 143 Å². The largest absolute Gasteiger partial charge is 0.494 e. The van der Waals surface area contributed by atoms with Crippen LogP contribution in [0, 0.1) is 0 Å². The molecular formula is C18H18N2O5. The topological polar surface area (TPSA) is 90.8 Å². The molecule has 1 unspecified atom stereocenters. The maximum atomic E-state index is 9.29. The Kier molecular flexibility index (Phi) is 4.85. The molecule has 2 aromatic carbocycles. The molecule has 1 N–H and O–H groups in total. The van der Waals surface area contributed by atoms with Crippen molar-refractivity contribution in [1.29, 1.82) is 0 Å². The summed E-state index contributed by atoms with van der Waals surface area (Å²) in [6, 6.07) is 11.0. The summed E-state index contributed by atoms with van der Waals surface area (Å²) in [5.74, 6) is 1.71. The fourth-order valence-corrected chi connectivity index (χ4v) is 2.31. The van der Waals surface area contributed by atoms with Crippen LogP contribution in [0.1, 0.15) is 18.9 Å². The SMILES string of the molecule is COc1cccc2oc(C(C)O)nc12.COc1cccc2ocnc12. The molecule has 0 aliphatic carbocycles. The van der Waals surface area contributed by atoms with Crippen molar-refractivity contribution < 1.29 is 23.4 Å². The summed E-state index contributed by atoms with van der Waals surface area (Å²) < 4.78 is 20.6. The van der Waals surface area contributed by atoms with E-state index in [9.17, 15) is 5.11 Å². The lowest BCUT2D eigenvalue weighted by Crippen LogP contribution is -1.89. The van der Waals surface area contributed by atoms with Gasteiger partial charge in [0.2, 0.25) is 5.89 Å². The standard InChI is InChI=1S/C10H11NO3.C8H7NO2/c1-6(12)10-11-9-7(13-2)4-3-5-8(9)14-10;1-10-6-3-2-4-7-8(6)9-5-11-7/h3-6,12H,1-2H3;2-5H,1H3. The predicted octanol–water partition coefficient (Wildman–Crippen LogP) is 3.73. The van der Waals surface area contributed by atoms with E-state index < -0.39 is 6.10 Å². The van der Waals surface area contributed by atoms with Crippen LogP contribution in [0.5, 0.6) is 11.5 Å². The van der Waals surface area contributed by atoms with Gasteiger partial charge in [-0.1, -0.05) is 12.1 Å². The number of rotatable bonds is 3. The Hall–Kier alpha value is -3.06. The quantitative estimate of drug-likeness (QED) is 0.606. The van der Waals surface area contributed by atoms with E-state index in [0.29, 0.717) is 22.7 Å². The van der Waals surface area contributed by atoms with Gasteiger partial charge in [0.15, 0.2) is 28.6 Å². The molecule has 1 atom stereocenters. The van der Waals surface area contributed by atoms with Gasteiger partial charge >= 0.3 is 0 Å².